The number of aromatic hydroxyl groups is 2. The van der Waals surface area contributed by atoms with E-state index in [4.69, 9.17) is 9.52 Å². The van der Waals surface area contributed by atoms with Gasteiger partial charge >= 0.3 is 0 Å². The predicted molar refractivity (Wildman–Crippen MR) is 68.7 cm³/mol. The van der Waals surface area contributed by atoms with Crippen molar-refractivity contribution in [3.8, 4) is 23.0 Å². The van der Waals surface area contributed by atoms with Crippen LogP contribution in [0, 0.1) is 0 Å². The second-order valence-corrected chi connectivity index (χ2v) is 4.18. The Balaban J connectivity index is 2.11. The number of rotatable bonds is 2. The summed E-state index contributed by atoms with van der Waals surface area (Å²) in [7, 11) is 0. The number of fused-ring (bicyclic) bond motifs is 1. The van der Waals surface area contributed by atoms with E-state index in [1.165, 1.54) is 12.1 Å². The van der Waals surface area contributed by atoms with E-state index < -0.39 is 0 Å². The van der Waals surface area contributed by atoms with Crippen LogP contribution in [0.25, 0.3) is 22.6 Å². The van der Waals surface area contributed by atoms with Crippen LogP contribution >= 0.6 is 0 Å². The van der Waals surface area contributed by atoms with E-state index >= 15 is 0 Å². The maximum atomic E-state index is 9.47. The highest BCUT2D eigenvalue weighted by Crippen LogP contribution is 2.31. The normalized spacial score (nSPS) is 11.0. The molecule has 0 saturated carbocycles. The molecule has 0 radical (unpaired) electrons. The van der Waals surface area contributed by atoms with Crippen molar-refractivity contribution in [3.63, 3.8) is 0 Å². The molecule has 0 spiro atoms. The standard InChI is InChI=1S/C14H11NO4/c16-7-8-1-4-13-10(5-8)15-14(19-13)9-2-3-11(17)12(18)6-9/h1-6,16-18H,7H2. The molecule has 0 aliphatic carbocycles. The molecule has 1 heterocycles. The highest BCUT2D eigenvalue weighted by Gasteiger charge is 2.10. The number of oxazole rings is 1. The van der Waals surface area contributed by atoms with Crippen molar-refractivity contribution in [2.24, 2.45) is 0 Å². The third kappa shape index (κ3) is 2.00. The smallest absolute Gasteiger partial charge is 0.227 e. The third-order valence-electron chi connectivity index (χ3n) is 2.86. The number of nitrogens with zero attached hydrogens (tertiary/aromatic N) is 1. The Labute approximate surface area is 108 Å². The number of hydrogen-bond acceptors (Lipinski definition) is 5. The lowest BCUT2D eigenvalue weighted by Crippen LogP contribution is -1.81. The second-order valence-electron chi connectivity index (χ2n) is 4.18. The summed E-state index contributed by atoms with van der Waals surface area (Å²) in [5.74, 6) is -0.0707. The fourth-order valence-corrected chi connectivity index (χ4v) is 1.85. The predicted octanol–water partition coefficient (Wildman–Crippen LogP) is 2.40. The fourth-order valence-electron chi connectivity index (χ4n) is 1.85. The van der Waals surface area contributed by atoms with Crippen molar-refractivity contribution < 1.29 is 19.7 Å². The van der Waals surface area contributed by atoms with Crippen molar-refractivity contribution in [1.82, 2.24) is 4.98 Å². The summed E-state index contributed by atoms with van der Waals surface area (Å²) in [6.07, 6.45) is 0. The Morgan fingerprint density at radius 2 is 1.84 bits per heavy atom. The minimum absolute atomic E-state index is 0.0574. The molecule has 0 saturated heterocycles. The van der Waals surface area contributed by atoms with Crippen LogP contribution in [0.2, 0.25) is 0 Å². The third-order valence-corrected chi connectivity index (χ3v) is 2.86. The Morgan fingerprint density at radius 1 is 1.00 bits per heavy atom. The summed E-state index contributed by atoms with van der Waals surface area (Å²) in [6, 6.07) is 9.59. The molecule has 0 atom stereocenters. The van der Waals surface area contributed by atoms with Crippen molar-refractivity contribution in [2.75, 3.05) is 0 Å². The van der Waals surface area contributed by atoms with Crippen LogP contribution in [0.3, 0.4) is 0 Å². The first-order valence-corrected chi connectivity index (χ1v) is 5.70. The average molecular weight is 257 g/mol. The largest absolute Gasteiger partial charge is 0.504 e. The maximum Gasteiger partial charge on any atom is 0.227 e. The van der Waals surface area contributed by atoms with Crippen LogP contribution in [0.15, 0.2) is 40.8 Å². The van der Waals surface area contributed by atoms with Crippen LogP contribution in [0.4, 0.5) is 0 Å². The summed E-state index contributed by atoms with van der Waals surface area (Å²) in [4.78, 5) is 4.29. The minimum atomic E-state index is -0.226. The van der Waals surface area contributed by atoms with Gasteiger partial charge in [-0.05, 0) is 35.9 Å². The molecule has 0 unspecified atom stereocenters. The Kier molecular flexibility index (Phi) is 2.61. The van der Waals surface area contributed by atoms with Gasteiger partial charge in [0.1, 0.15) is 5.52 Å². The Morgan fingerprint density at radius 3 is 2.58 bits per heavy atom. The van der Waals surface area contributed by atoms with Gasteiger partial charge in [-0.15, -0.1) is 0 Å². The zero-order chi connectivity index (χ0) is 13.4. The molecular formula is C14H11NO4. The van der Waals surface area contributed by atoms with Gasteiger partial charge in [0, 0.05) is 5.56 Å². The number of aromatic nitrogens is 1. The first kappa shape index (κ1) is 11.6. The van der Waals surface area contributed by atoms with Crippen molar-refractivity contribution in [2.45, 2.75) is 6.61 Å². The molecule has 96 valence electrons. The molecule has 0 aliphatic rings. The molecule has 0 fully saturated rings. The molecule has 19 heavy (non-hydrogen) atoms. The van der Waals surface area contributed by atoms with Crippen LogP contribution in [0.5, 0.6) is 11.5 Å². The summed E-state index contributed by atoms with van der Waals surface area (Å²) in [5, 5.41) is 27.8. The first-order chi connectivity index (χ1) is 9.17. The van der Waals surface area contributed by atoms with E-state index in [0.717, 1.165) is 5.56 Å². The highest BCUT2D eigenvalue weighted by atomic mass is 16.3. The molecule has 0 aliphatic heterocycles. The Hall–Kier alpha value is -2.53. The maximum absolute atomic E-state index is 9.47. The number of phenols is 2. The van der Waals surface area contributed by atoms with Crippen LogP contribution in [-0.2, 0) is 6.61 Å². The molecular weight excluding hydrogens is 246 g/mol. The van der Waals surface area contributed by atoms with E-state index in [0.29, 0.717) is 22.6 Å². The number of benzene rings is 2. The SMILES string of the molecule is OCc1ccc2oc(-c3ccc(O)c(O)c3)nc2c1. The highest BCUT2D eigenvalue weighted by molar-refractivity contribution is 5.77. The molecule has 0 bridgehead atoms. The van der Waals surface area contributed by atoms with Gasteiger partial charge in [0.05, 0.1) is 6.61 Å². The van der Waals surface area contributed by atoms with Crippen molar-refractivity contribution in [1.29, 1.82) is 0 Å². The zero-order valence-electron chi connectivity index (χ0n) is 9.87. The number of phenolic OH excluding ortho intramolecular Hbond substituents is 2. The van der Waals surface area contributed by atoms with Crippen LogP contribution in [0.1, 0.15) is 5.56 Å². The van der Waals surface area contributed by atoms with E-state index in [9.17, 15) is 10.2 Å². The van der Waals surface area contributed by atoms with Gasteiger partial charge in [0.15, 0.2) is 17.1 Å². The second kappa shape index (κ2) is 4.29. The van der Waals surface area contributed by atoms with Gasteiger partial charge in [-0.1, -0.05) is 6.07 Å². The quantitative estimate of drug-likeness (QED) is 0.614. The minimum Gasteiger partial charge on any atom is -0.504 e. The molecule has 3 N–H and O–H groups in total. The number of aliphatic hydroxyl groups excluding tert-OH is 1. The molecule has 5 nitrogen and oxygen atoms in total. The fraction of sp³-hybridized carbons (Fsp3) is 0.0714. The molecule has 1 aromatic heterocycles. The molecule has 2 aromatic carbocycles. The van der Waals surface area contributed by atoms with E-state index in [2.05, 4.69) is 4.98 Å². The lowest BCUT2D eigenvalue weighted by molar-refractivity contribution is 0.282. The Bertz CT molecular complexity index is 748. The summed E-state index contributed by atoms with van der Waals surface area (Å²) in [6.45, 7) is -0.0574. The van der Waals surface area contributed by atoms with Gasteiger partial charge in [-0.25, -0.2) is 4.98 Å². The zero-order valence-corrected chi connectivity index (χ0v) is 9.87. The summed E-state index contributed by atoms with van der Waals surface area (Å²) in [5.41, 5.74) is 2.55. The molecule has 5 heteroatoms. The number of hydrogen-bond donors (Lipinski definition) is 3. The van der Waals surface area contributed by atoms with Gasteiger partial charge in [0.2, 0.25) is 5.89 Å². The van der Waals surface area contributed by atoms with E-state index in [1.807, 2.05) is 0 Å². The molecule has 3 aromatic rings. The van der Waals surface area contributed by atoms with Crippen LogP contribution in [-0.4, -0.2) is 20.3 Å². The summed E-state index contributed by atoms with van der Waals surface area (Å²) < 4.78 is 5.56. The number of aliphatic hydroxyl groups is 1. The van der Waals surface area contributed by atoms with E-state index in [1.54, 1.807) is 24.3 Å². The van der Waals surface area contributed by atoms with Gasteiger partial charge in [0.25, 0.3) is 0 Å². The average Bonchev–Trinajstić information content (AvgIpc) is 2.84. The summed E-state index contributed by atoms with van der Waals surface area (Å²) >= 11 is 0. The van der Waals surface area contributed by atoms with Crippen molar-refractivity contribution >= 4 is 11.1 Å². The van der Waals surface area contributed by atoms with Gasteiger partial charge in [-0.2, -0.15) is 0 Å². The van der Waals surface area contributed by atoms with Crippen molar-refractivity contribution in [3.05, 3.63) is 42.0 Å². The van der Waals surface area contributed by atoms with Gasteiger partial charge < -0.3 is 19.7 Å². The molecule has 0 amide bonds. The lowest BCUT2D eigenvalue weighted by Gasteiger charge is -1.98. The topological polar surface area (TPSA) is 86.7 Å². The lowest BCUT2D eigenvalue weighted by atomic mass is 10.2. The van der Waals surface area contributed by atoms with Crippen LogP contribution < -0.4 is 0 Å². The van der Waals surface area contributed by atoms with E-state index in [-0.39, 0.29) is 18.1 Å². The molecule has 3 rings (SSSR count). The first-order valence-electron chi connectivity index (χ1n) is 5.70. The monoisotopic (exact) mass is 257 g/mol. The van der Waals surface area contributed by atoms with Gasteiger partial charge in [-0.3, -0.25) is 0 Å².